The highest BCUT2D eigenvalue weighted by molar-refractivity contribution is 9.10. The molecule has 0 aromatic heterocycles. The topological polar surface area (TPSA) is 80.4 Å². The summed E-state index contributed by atoms with van der Waals surface area (Å²) < 4.78 is 0.781. The maximum absolute atomic E-state index is 10.9. The summed E-state index contributed by atoms with van der Waals surface area (Å²) in [6.45, 7) is 0. The molecule has 0 radical (unpaired) electrons. The second kappa shape index (κ2) is 5.50. The van der Waals surface area contributed by atoms with Gasteiger partial charge in [-0.25, -0.2) is 0 Å². The summed E-state index contributed by atoms with van der Waals surface area (Å²) in [7, 11) is 0. The molecular weight excluding hydrogens is 334 g/mol. The first-order valence-electron chi connectivity index (χ1n) is 5.70. The Labute approximate surface area is 122 Å². The summed E-state index contributed by atoms with van der Waals surface area (Å²) in [5, 5.41) is 19.8. The van der Waals surface area contributed by atoms with Crippen molar-refractivity contribution >= 4 is 39.3 Å². The largest absolute Gasteiger partial charge is 0.481 e. The van der Waals surface area contributed by atoms with Gasteiger partial charge in [-0.3, -0.25) is 14.9 Å². The van der Waals surface area contributed by atoms with Crippen molar-refractivity contribution in [3.8, 4) is 0 Å². The summed E-state index contributed by atoms with van der Waals surface area (Å²) in [6.07, 6.45) is 1.91. The number of hydrogen-bond acceptors (Lipinski definition) is 4. The van der Waals surface area contributed by atoms with Crippen LogP contribution in [0.5, 0.6) is 0 Å². The number of rotatable bonds is 6. The normalized spacial score (nSPS) is 16.1. The Morgan fingerprint density at radius 2 is 2.21 bits per heavy atom. The van der Waals surface area contributed by atoms with Gasteiger partial charge in [-0.2, -0.15) is 0 Å². The van der Waals surface area contributed by atoms with E-state index in [0.29, 0.717) is 10.6 Å². The number of nitro benzene ring substituents is 1. The third-order valence-electron chi connectivity index (χ3n) is 3.14. The van der Waals surface area contributed by atoms with Crippen molar-refractivity contribution in [2.45, 2.75) is 24.2 Å². The molecule has 1 aliphatic rings. The van der Waals surface area contributed by atoms with Crippen LogP contribution in [0.2, 0.25) is 0 Å². The Morgan fingerprint density at radius 3 is 2.74 bits per heavy atom. The lowest BCUT2D eigenvalue weighted by Crippen LogP contribution is -2.11. The van der Waals surface area contributed by atoms with Crippen LogP contribution in [0.3, 0.4) is 0 Å². The summed E-state index contributed by atoms with van der Waals surface area (Å²) in [6, 6.07) is 4.80. The highest BCUT2D eigenvalue weighted by atomic mass is 79.9. The molecule has 0 spiro atoms. The zero-order chi connectivity index (χ0) is 14.0. The molecule has 5 nitrogen and oxygen atoms in total. The zero-order valence-corrected chi connectivity index (χ0v) is 12.4. The fraction of sp³-hybridized carbons (Fsp3) is 0.417. The SMILES string of the molecule is O=C(O)CC1(CSc2cc(Br)ccc2[N+](=O)[O-])CC1. The van der Waals surface area contributed by atoms with Crippen molar-refractivity contribution in [2.75, 3.05) is 5.75 Å². The van der Waals surface area contributed by atoms with Crippen molar-refractivity contribution in [3.05, 3.63) is 32.8 Å². The van der Waals surface area contributed by atoms with Crippen molar-refractivity contribution in [2.24, 2.45) is 5.41 Å². The number of aliphatic carboxylic acids is 1. The highest BCUT2D eigenvalue weighted by Gasteiger charge is 2.44. The minimum absolute atomic E-state index is 0.0688. The van der Waals surface area contributed by atoms with Gasteiger partial charge in [0.2, 0.25) is 0 Å². The molecular formula is C12H12BrNO4S. The molecule has 0 heterocycles. The number of carbonyl (C=O) groups is 1. The predicted octanol–water partition coefficient (Wildman–Crippen LogP) is 3.70. The van der Waals surface area contributed by atoms with E-state index in [9.17, 15) is 14.9 Å². The van der Waals surface area contributed by atoms with Gasteiger partial charge in [-0.15, -0.1) is 11.8 Å². The number of carboxylic acids is 1. The van der Waals surface area contributed by atoms with Crippen molar-refractivity contribution in [3.63, 3.8) is 0 Å². The summed E-state index contributed by atoms with van der Waals surface area (Å²) in [5.41, 5.74) is -0.105. The van der Waals surface area contributed by atoms with E-state index >= 15 is 0 Å². The average Bonchev–Trinajstić information content (AvgIpc) is 3.05. The van der Waals surface area contributed by atoms with Crippen LogP contribution in [0.1, 0.15) is 19.3 Å². The molecule has 0 saturated heterocycles. The van der Waals surface area contributed by atoms with Crippen LogP contribution < -0.4 is 0 Å². The van der Waals surface area contributed by atoms with Crippen molar-refractivity contribution in [1.82, 2.24) is 0 Å². The van der Waals surface area contributed by atoms with E-state index in [1.54, 1.807) is 12.1 Å². The van der Waals surface area contributed by atoms with E-state index in [1.807, 2.05) is 0 Å². The van der Waals surface area contributed by atoms with Crippen LogP contribution in [-0.4, -0.2) is 21.8 Å². The highest BCUT2D eigenvalue weighted by Crippen LogP contribution is 2.52. The number of carboxylic acid groups (broad SMARTS) is 1. The third kappa shape index (κ3) is 3.70. The lowest BCUT2D eigenvalue weighted by atomic mass is 10.1. The maximum Gasteiger partial charge on any atom is 0.303 e. The first-order chi connectivity index (χ1) is 8.92. The number of benzene rings is 1. The maximum atomic E-state index is 10.9. The van der Waals surface area contributed by atoms with Crippen LogP contribution in [-0.2, 0) is 4.79 Å². The van der Waals surface area contributed by atoms with Crippen LogP contribution in [0.15, 0.2) is 27.6 Å². The molecule has 0 amide bonds. The third-order valence-corrected chi connectivity index (χ3v) is 5.02. The van der Waals surface area contributed by atoms with Crippen LogP contribution in [0, 0.1) is 15.5 Å². The second-order valence-corrected chi connectivity index (χ2v) is 6.66. The average molecular weight is 346 g/mol. The number of halogens is 1. The van der Waals surface area contributed by atoms with E-state index in [4.69, 9.17) is 5.11 Å². The van der Waals surface area contributed by atoms with Gasteiger partial charge in [-0.1, -0.05) is 15.9 Å². The smallest absolute Gasteiger partial charge is 0.303 e. The predicted molar refractivity (Wildman–Crippen MR) is 75.4 cm³/mol. The molecule has 1 saturated carbocycles. The number of nitro groups is 1. The lowest BCUT2D eigenvalue weighted by Gasteiger charge is -2.11. The second-order valence-electron chi connectivity index (χ2n) is 4.73. The molecule has 102 valence electrons. The van der Waals surface area contributed by atoms with E-state index in [0.717, 1.165) is 17.3 Å². The first-order valence-corrected chi connectivity index (χ1v) is 7.48. The lowest BCUT2D eigenvalue weighted by molar-refractivity contribution is -0.387. The van der Waals surface area contributed by atoms with Gasteiger partial charge in [0.25, 0.3) is 5.69 Å². The zero-order valence-electron chi connectivity index (χ0n) is 9.97. The van der Waals surface area contributed by atoms with Gasteiger partial charge < -0.3 is 5.11 Å². The Balaban J connectivity index is 2.09. The van der Waals surface area contributed by atoms with E-state index in [-0.39, 0.29) is 17.5 Å². The molecule has 1 fully saturated rings. The number of hydrogen-bond donors (Lipinski definition) is 1. The van der Waals surface area contributed by atoms with Gasteiger partial charge in [0.1, 0.15) is 0 Å². The molecule has 1 aliphatic carbocycles. The summed E-state index contributed by atoms with van der Waals surface area (Å²) >= 11 is 4.66. The van der Waals surface area contributed by atoms with Gasteiger partial charge in [-0.05, 0) is 30.4 Å². The fourth-order valence-electron chi connectivity index (χ4n) is 1.85. The van der Waals surface area contributed by atoms with Gasteiger partial charge >= 0.3 is 5.97 Å². The molecule has 1 N–H and O–H groups in total. The standard InChI is InChI=1S/C12H12BrNO4S/c13-8-1-2-9(14(17)18)10(5-8)19-7-12(3-4-12)6-11(15)16/h1-2,5H,3-4,6-7H2,(H,15,16). The Bertz CT molecular complexity index is 530. The Hall–Kier alpha value is -1.08. The fourth-order valence-corrected chi connectivity index (χ4v) is 3.72. The number of nitrogens with zero attached hydrogens (tertiary/aromatic N) is 1. The number of thioether (sulfide) groups is 1. The van der Waals surface area contributed by atoms with Crippen molar-refractivity contribution < 1.29 is 14.8 Å². The molecule has 1 aromatic rings. The molecule has 0 aliphatic heterocycles. The minimum atomic E-state index is -0.804. The summed E-state index contributed by atoms with van der Waals surface area (Å²) in [4.78, 5) is 21.9. The Morgan fingerprint density at radius 1 is 1.53 bits per heavy atom. The summed E-state index contributed by atoms with van der Waals surface area (Å²) in [5.74, 6) is -0.196. The van der Waals surface area contributed by atoms with Crippen molar-refractivity contribution in [1.29, 1.82) is 0 Å². The van der Waals surface area contributed by atoms with Gasteiger partial charge in [0, 0.05) is 16.3 Å². The molecule has 7 heteroatoms. The minimum Gasteiger partial charge on any atom is -0.481 e. The molecule has 0 bridgehead atoms. The quantitative estimate of drug-likeness (QED) is 0.483. The molecule has 1 aromatic carbocycles. The van der Waals surface area contributed by atoms with E-state index in [1.165, 1.54) is 17.8 Å². The van der Waals surface area contributed by atoms with Crippen LogP contribution >= 0.6 is 27.7 Å². The van der Waals surface area contributed by atoms with Crippen LogP contribution in [0.25, 0.3) is 0 Å². The Kier molecular flexibility index (Phi) is 4.15. The van der Waals surface area contributed by atoms with Gasteiger partial charge in [0.05, 0.1) is 16.2 Å². The molecule has 19 heavy (non-hydrogen) atoms. The monoisotopic (exact) mass is 345 g/mol. The van der Waals surface area contributed by atoms with Crippen LogP contribution in [0.4, 0.5) is 5.69 Å². The molecule has 0 atom stereocenters. The first kappa shape index (κ1) is 14.3. The van der Waals surface area contributed by atoms with Gasteiger partial charge in [0.15, 0.2) is 0 Å². The molecule has 0 unspecified atom stereocenters. The van der Waals surface area contributed by atoms with E-state index in [2.05, 4.69) is 15.9 Å². The molecule has 2 rings (SSSR count). The van der Waals surface area contributed by atoms with E-state index < -0.39 is 10.9 Å².